The number of methoxy groups -OCH3 is 2. The van der Waals surface area contributed by atoms with Crippen LogP contribution < -0.4 is 14.8 Å². The first-order chi connectivity index (χ1) is 14.2. The lowest BCUT2D eigenvalue weighted by Gasteiger charge is -2.16. The molecule has 0 saturated carbocycles. The minimum atomic E-state index is 0.248. The molecule has 0 saturated heterocycles. The van der Waals surface area contributed by atoms with Crippen molar-refractivity contribution in [2.75, 3.05) is 14.2 Å². The molecule has 5 nitrogen and oxygen atoms in total. The Hall–Kier alpha value is -3.31. The van der Waals surface area contributed by atoms with Crippen LogP contribution in [0.3, 0.4) is 0 Å². The van der Waals surface area contributed by atoms with Crippen molar-refractivity contribution in [3.05, 3.63) is 84.2 Å². The minimum absolute atomic E-state index is 0.248. The molecule has 4 rings (SSSR count). The number of quaternary nitrogens is 1. The van der Waals surface area contributed by atoms with Gasteiger partial charge in [0.1, 0.15) is 30.4 Å². The average Bonchev–Trinajstić information content (AvgIpc) is 3.21. The molecule has 1 atom stereocenters. The van der Waals surface area contributed by atoms with E-state index in [0.717, 1.165) is 40.3 Å². The van der Waals surface area contributed by atoms with Crippen LogP contribution in [0.5, 0.6) is 11.5 Å². The summed E-state index contributed by atoms with van der Waals surface area (Å²) in [5, 5.41) is 2.30. The summed E-state index contributed by atoms with van der Waals surface area (Å²) >= 11 is 0. The number of ether oxygens (including phenoxy) is 2. The van der Waals surface area contributed by atoms with Gasteiger partial charge in [0.2, 0.25) is 0 Å². The summed E-state index contributed by atoms with van der Waals surface area (Å²) in [5.74, 6) is 1.73. The largest absolute Gasteiger partial charge is 0.497 e. The topological polar surface area (TPSA) is 52.9 Å². The third kappa shape index (κ3) is 3.96. The van der Waals surface area contributed by atoms with Crippen molar-refractivity contribution in [1.82, 2.24) is 9.55 Å². The smallest absolute Gasteiger partial charge is 0.128 e. The Morgan fingerprint density at radius 1 is 0.966 bits per heavy atom. The molecular weight excluding hydrogens is 362 g/mol. The molecule has 3 aromatic carbocycles. The second-order valence-electron chi connectivity index (χ2n) is 7.11. The van der Waals surface area contributed by atoms with Gasteiger partial charge in [-0.2, -0.15) is 0 Å². The van der Waals surface area contributed by atoms with Crippen molar-refractivity contribution in [1.29, 1.82) is 0 Å². The van der Waals surface area contributed by atoms with Gasteiger partial charge in [0, 0.05) is 11.3 Å². The molecule has 1 heterocycles. The van der Waals surface area contributed by atoms with E-state index >= 15 is 0 Å². The molecule has 0 radical (unpaired) electrons. The van der Waals surface area contributed by atoms with Gasteiger partial charge in [0.25, 0.3) is 0 Å². The van der Waals surface area contributed by atoms with Gasteiger partial charge in [0.05, 0.1) is 30.8 Å². The van der Waals surface area contributed by atoms with Gasteiger partial charge in [-0.05, 0) is 49.4 Å². The van der Waals surface area contributed by atoms with E-state index in [4.69, 9.17) is 9.47 Å². The number of hydrogen-bond donors (Lipinski definition) is 1. The lowest BCUT2D eigenvalue weighted by Crippen LogP contribution is -2.83. The van der Waals surface area contributed by atoms with Crippen LogP contribution in [0.4, 0.5) is 0 Å². The summed E-state index contributed by atoms with van der Waals surface area (Å²) in [4.78, 5) is 4.48. The summed E-state index contributed by atoms with van der Waals surface area (Å²) < 4.78 is 13.0. The quantitative estimate of drug-likeness (QED) is 0.523. The van der Waals surface area contributed by atoms with Gasteiger partial charge < -0.3 is 14.8 Å². The average molecular weight is 388 g/mol. The van der Waals surface area contributed by atoms with Crippen LogP contribution in [0.1, 0.15) is 24.1 Å². The van der Waals surface area contributed by atoms with E-state index in [1.165, 1.54) is 5.56 Å². The molecule has 29 heavy (non-hydrogen) atoms. The van der Waals surface area contributed by atoms with E-state index in [0.29, 0.717) is 0 Å². The zero-order valence-corrected chi connectivity index (χ0v) is 17.0. The van der Waals surface area contributed by atoms with E-state index in [1.54, 1.807) is 14.2 Å². The zero-order valence-electron chi connectivity index (χ0n) is 17.0. The Balaban J connectivity index is 1.47. The number of hydrogen-bond acceptors (Lipinski definition) is 3. The lowest BCUT2D eigenvalue weighted by atomic mass is 10.1. The second kappa shape index (κ2) is 8.37. The number of nitrogens with zero attached hydrogens (tertiary/aromatic N) is 2. The van der Waals surface area contributed by atoms with Crippen LogP contribution in [0.25, 0.3) is 16.7 Å². The maximum Gasteiger partial charge on any atom is 0.128 e. The van der Waals surface area contributed by atoms with Crippen molar-refractivity contribution >= 4 is 11.0 Å². The van der Waals surface area contributed by atoms with Gasteiger partial charge >= 0.3 is 0 Å². The summed E-state index contributed by atoms with van der Waals surface area (Å²) in [6.07, 6.45) is 1.88. The summed E-state index contributed by atoms with van der Waals surface area (Å²) in [7, 11) is 3.39. The number of fused-ring (bicyclic) bond motifs is 1. The third-order valence-corrected chi connectivity index (χ3v) is 5.30. The maximum absolute atomic E-state index is 5.53. The molecule has 0 fully saturated rings. The van der Waals surface area contributed by atoms with Crippen LogP contribution in [-0.2, 0) is 6.54 Å². The van der Waals surface area contributed by atoms with Crippen molar-refractivity contribution < 1.29 is 14.8 Å². The summed E-state index contributed by atoms with van der Waals surface area (Å²) in [5.41, 5.74) is 5.64. The van der Waals surface area contributed by atoms with Gasteiger partial charge in [-0.15, -0.1) is 0 Å². The van der Waals surface area contributed by atoms with Crippen molar-refractivity contribution in [3.63, 3.8) is 0 Å². The van der Waals surface area contributed by atoms with E-state index in [-0.39, 0.29) is 6.04 Å². The van der Waals surface area contributed by atoms with Crippen LogP contribution in [-0.4, -0.2) is 23.8 Å². The standard InChI is InChI=1S/C24H25N3O2/c1-17(21-14-20(28-2)12-13-24(21)29-3)25-15-18-8-10-19(11-9-18)27-16-26-22-6-4-5-7-23(22)27/h4-14,16-17,25H,15H2,1-3H3/p+1/t17-/m0/s1. The second-order valence-corrected chi connectivity index (χ2v) is 7.11. The highest BCUT2D eigenvalue weighted by atomic mass is 16.5. The van der Waals surface area contributed by atoms with Gasteiger partial charge in [-0.3, -0.25) is 4.57 Å². The Morgan fingerprint density at radius 3 is 2.52 bits per heavy atom. The Morgan fingerprint density at radius 2 is 1.76 bits per heavy atom. The normalized spacial score (nSPS) is 12.1. The molecule has 2 N–H and O–H groups in total. The van der Waals surface area contributed by atoms with Crippen molar-refractivity contribution in [2.24, 2.45) is 0 Å². The summed E-state index contributed by atoms with van der Waals surface area (Å²) in [6, 6.07) is 23.0. The van der Waals surface area contributed by atoms with Crippen LogP contribution in [0.15, 0.2) is 73.1 Å². The highest BCUT2D eigenvalue weighted by Gasteiger charge is 2.15. The highest BCUT2D eigenvalue weighted by molar-refractivity contribution is 5.77. The van der Waals surface area contributed by atoms with Gasteiger partial charge in [-0.25, -0.2) is 4.98 Å². The molecule has 5 heteroatoms. The molecular formula is C24H26N3O2+. The Kier molecular flexibility index (Phi) is 5.49. The molecule has 0 spiro atoms. The number of aromatic nitrogens is 2. The lowest BCUT2D eigenvalue weighted by molar-refractivity contribution is -0.708. The number of rotatable bonds is 7. The number of para-hydroxylation sites is 2. The highest BCUT2D eigenvalue weighted by Crippen LogP contribution is 2.27. The first-order valence-electron chi connectivity index (χ1n) is 9.76. The van der Waals surface area contributed by atoms with Crippen LogP contribution >= 0.6 is 0 Å². The zero-order chi connectivity index (χ0) is 20.2. The monoisotopic (exact) mass is 388 g/mol. The third-order valence-electron chi connectivity index (χ3n) is 5.30. The van der Waals surface area contributed by atoms with Crippen LogP contribution in [0, 0.1) is 0 Å². The molecule has 0 aliphatic heterocycles. The van der Waals surface area contributed by atoms with E-state index in [2.05, 4.69) is 52.1 Å². The first kappa shape index (κ1) is 19.0. The van der Waals surface area contributed by atoms with E-state index < -0.39 is 0 Å². The Bertz CT molecular complexity index is 1100. The minimum Gasteiger partial charge on any atom is -0.497 e. The van der Waals surface area contributed by atoms with Gasteiger partial charge in [0.15, 0.2) is 0 Å². The number of benzene rings is 3. The van der Waals surface area contributed by atoms with E-state index in [9.17, 15) is 0 Å². The van der Waals surface area contributed by atoms with E-state index in [1.807, 2.05) is 42.7 Å². The maximum atomic E-state index is 5.53. The predicted octanol–water partition coefficient (Wildman–Crippen LogP) is 3.87. The molecule has 0 amide bonds. The SMILES string of the molecule is COc1ccc(OC)c([C@H](C)[NH2+]Cc2ccc(-n3cnc4ccccc43)cc2)c1. The molecule has 0 unspecified atom stereocenters. The molecule has 148 valence electrons. The van der Waals surface area contributed by atoms with Crippen LogP contribution in [0.2, 0.25) is 0 Å². The fraction of sp³-hybridized carbons (Fsp3) is 0.208. The Labute approximate surface area is 170 Å². The van der Waals surface area contributed by atoms with Crippen molar-refractivity contribution in [2.45, 2.75) is 19.5 Å². The summed E-state index contributed by atoms with van der Waals surface area (Å²) in [6.45, 7) is 3.07. The van der Waals surface area contributed by atoms with Gasteiger partial charge in [-0.1, -0.05) is 24.3 Å². The molecule has 0 bridgehead atoms. The number of imidazole rings is 1. The molecule has 0 aliphatic rings. The molecule has 1 aromatic heterocycles. The predicted molar refractivity (Wildman–Crippen MR) is 115 cm³/mol. The molecule has 0 aliphatic carbocycles. The fourth-order valence-electron chi connectivity index (χ4n) is 3.59. The fourth-order valence-corrected chi connectivity index (χ4v) is 3.59. The van der Waals surface area contributed by atoms with Crippen molar-refractivity contribution in [3.8, 4) is 17.2 Å². The molecule has 4 aromatic rings. The number of nitrogens with two attached hydrogens (primary N) is 1. The first-order valence-corrected chi connectivity index (χ1v) is 9.76.